The molecule has 1 N–H and O–H groups in total. The standard InChI is InChI=1S/C20H21N3O2S/c1-13-8-9-15(10-14(13)2)11-18-19(24)22-20(26-18)23-21-12-16-6-4-5-7-17(16)25-3/h4-10,12,18H,11H2,1-3H3,(H,22,23,24)/b21-12-/t18-/m1/s1. The maximum absolute atomic E-state index is 12.2. The number of hydrogen-bond acceptors (Lipinski definition) is 5. The third-order valence-electron chi connectivity index (χ3n) is 4.25. The highest BCUT2D eigenvalue weighted by molar-refractivity contribution is 8.15. The van der Waals surface area contributed by atoms with Gasteiger partial charge in [0, 0.05) is 5.56 Å². The van der Waals surface area contributed by atoms with Gasteiger partial charge in [0.2, 0.25) is 5.91 Å². The summed E-state index contributed by atoms with van der Waals surface area (Å²) in [6.45, 7) is 4.17. The van der Waals surface area contributed by atoms with Crippen LogP contribution < -0.4 is 10.1 Å². The quantitative estimate of drug-likeness (QED) is 0.650. The van der Waals surface area contributed by atoms with Gasteiger partial charge in [0.25, 0.3) is 0 Å². The van der Waals surface area contributed by atoms with Crippen molar-refractivity contribution in [3.63, 3.8) is 0 Å². The molecule has 134 valence electrons. The first-order chi connectivity index (χ1) is 12.6. The number of thioether (sulfide) groups is 1. The topological polar surface area (TPSA) is 63.1 Å². The summed E-state index contributed by atoms with van der Waals surface area (Å²) in [4.78, 5) is 12.2. The normalized spacial score (nSPS) is 18.5. The second kappa shape index (κ2) is 8.19. The van der Waals surface area contributed by atoms with E-state index in [0.717, 1.165) is 16.9 Å². The van der Waals surface area contributed by atoms with Gasteiger partial charge in [-0.05, 0) is 49.1 Å². The molecule has 1 amide bonds. The molecule has 1 heterocycles. The number of amidine groups is 1. The summed E-state index contributed by atoms with van der Waals surface area (Å²) < 4.78 is 5.27. The third-order valence-corrected chi connectivity index (χ3v) is 5.33. The Labute approximate surface area is 157 Å². The minimum Gasteiger partial charge on any atom is -0.496 e. The monoisotopic (exact) mass is 367 g/mol. The van der Waals surface area contributed by atoms with Crippen molar-refractivity contribution in [1.29, 1.82) is 0 Å². The van der Waals surface area contributed by atoms with Crippen LogP contribution in [0.1, 0.15) is 22.3 Å². The van der Waals surface area contributed by atoms with Crippen LogP contribution in [0.25, 0.3) is 0 Å². The van der Waals surface area contributed by atoms with Gasteiger partial charge in [-0.25, -0.2) is 0 Å². The zero-order chi connectivity index (χ0) is 18.5. The number of amides is 1. The van der Waals surface area contributed by atoms with E-state index in [1.54, 1.807) is 13.3 Å². The van der Waals surface area contributed by atoms with Crippen molar-refractivity contribution in [1.82, 2.24) is 5.32 Å². The van der Waals surface area contributed by atoms with Crippen LogP contribution in [-0.2, 0) is 11.2 Å². The molecule has 2 aromatic carbocycles. The number of ether oxygens (including phenoxy) is 1. The van der Waals surface area contributed by atoms with Crippen molar-refractivity contribution in [2.45, 2.75) is 25.5 Å². The van der Waals surface area contributed by atoms with Crippen molar-refractivity contribution in [3.05, 3.63) is 64.7 Å². The molecular weight excluding hydrogens is 346 g/mol. The molecule has 6 heteroatoms. The van der Waals surface area contributed by atoms with Gasteiger partial charge in [0.1, 0.15) is 5.75 Å². The summed E-state index contributed by atoms with van der Waals surface area (Å²) >= 11 is 1.41. The van der Waals surface area contributed by atoms with E-state index in [1.165, 1.54) is 22.9 Å². The lowest BCUT2D eigenvalue weighted by Gasteiger charge is -2.07. The van der Waals surface area contributed by atoms with E-state index in [1.807, 2.05) is 24.3 Å². The maximum atomic E-state index is 12.2. The SMILES string of the molecule is COc1ccccc1/C=N\N=C1/NC(=O)[C@@H](Cc2ccc(C)c(C)c2)S1. The van der Waals surface area contributed by atoms with E-state index < -0.39 is 0 Å². The maximum Gasteiger partial charge on any atom is 0.239 e. The predicted octanol–water partition coefficient (Wildman–Crippen LogP) is 3.48. The van der Waals surface area contributed by atoms with E-state index in [2.05, 4.69) is 47.6 Å². The average Bonchev–Trinajstić information content (AvgIpc) is 2.98. The van der Waals surface area contributed by atoms with Gasteiger partial charge >= 0.3 is 0 Å². The first kappa shape index (κ1) is 18.2. The molecule has 2 aromatic rings. The molecule has 3 rings (SSSR count). The molecule has 0 aromatic heterocycles. The number of nitrogens with zero attached hydrogens (tertiary/aromatic N) is 2. The van der Waals surface area contributed by atoms with Gasteiger partial charge in [-0.2, -0.15) is 5.10 Å². The van der Waals surface area contributed by atoms with E-state index in [-0.39, 0.29) is 11.2 Å². The Kier molecular flexibility index (Phi) is 5.73. The lowest BCUT2D eigenvalue weighted by molar-refractivity contribution is -0.118. The summed E-state index contributed by atoms with van der Waals surface area (Å²) in [5, 5.41) is 11.3. The molecule has 0 spiro atoms. The molecule has 1 aliphatic rings. The molecular formula is C20H21N3O2S. The Hall–Kier alpha value is -2.60. The molecule has 26 heavy (non-hydrogen) atoms. The van der Waals surface area contributed by atoms with Gasteiger partial charge in [0.15, 0.2) is 5.17 Å². The number of hydrogen-bond donors (Lipinski definition) is 1. The highest BCUT2D eigenvalue weighted by atomic mass is 32.2. The summed E-state index contributed by atoms with van der Waals surface area (Å²) in [5.74, 6) is 0.701. The van der Waals surface area contributed by atoms with Crippen LogP contribution in [0.15, 0.2) is 52.7 Å². The lowest BCUT2D eigenvalue weighted by Crippen LogP contribution is -2.26. The van der Waals surface area contributed by atoms with Crippen LogP contribution in [0.2, 0.25) is 0 Å². The third kappa shape index (κ3) is 4.32. The van der Waals surface area contributed by atoms with Gasteiger partial charge in [-0.15, -0.1) is 5.10 Å². The molecule has 1 fully saturated rings. The van der Waals surface area contributed by atoms with E-state index >= 15 is 0 Å². The summed E-state index contributed by atoms with van der Waals surface area (Å²) in [7, 11) is 1.61. The van der Waals surface area contributed by atoms with Crippen LogP contribution in [0.4, 0.5) is 0 Å². The van der Waals surface area contributed by atoms with E-state index in [0.29, 0.717) is 11.6 Å². The molecule has 1 saturated heterocycles. The Bertz CT molecular complexity index is 877. The summed E-state index contributed by atoms with van der Waals surface area (Å²) in [6, 6.07) is 13.9. The van der Waals surface area contributed by atoms with Crippen LogP contribution in [0.5, 0.6) is 5.75 Å². The highest BCUT2D eigenvalue weighted by Crippen LogP contribution is 2.24. The predicted molar refractivity (Wildman–Crippen MR) is 107 cm³/mol. The van der Waals surface area contributed by atoms with Gasteiger partial charge in [-0.1, -0.05) is 42.1 Å². The number of methoxy groups -OCH3 is 1. The number of aryl methyl sites for hydroxylation is 2. The molecule has 1 aliphatic heterocycles. The van der Waals surface area contributed by atoms with Crippen LogP contribution in [-0.4, -0.2) is 29.6 Å². The van der Waals surface area contributed by atoms with E-state index in [9.17, 15) is 4.79 Å². The Morgan fingerprint density at radius 3 is 2.77 bits per heavy atom. The Morgan fingerprint density at radius 2 is 2.00 bits per heavy atom. The summed E-state index contributed by atoms with van der Waals surface area (Å²) in [5.41, 5.74) is 4.48. The van der Waals surface area contributed by atoms with Crippen molar-refractivity contribution >= 4 is 29.1 Å². The van der Waals surface area contributed by atoms with Crippen LogP contribution in [0, 0.1) is 13.8 Å². The molecule has 5 nitrogen and oxygen atoms in total. The van der Waals surface area contributed by atoms with Crippen LogP contribution in [0.3, 0.4) is 0 Å². The first-order valence-corrected chi connectivity index (χ1v) is 9.22. The number of carbonyl (C=O) groups is 1. The number of nitrogens with one attached hydrogen (secondary N) is 1. The number of para-hydroxylation sites is 1. The molecule has 0 bridgehead atoms. The lowest BCUT2D eigenvalue weighted by atomic mass is 10.0. The largest absolute Gasteiger partial charge is 0.496 e. The smallest absolute Gasteiger partial charge is 0.239 e. The molecule has 0 saturated carbocycles. The van der Waals surface area contributed by atoms with Crippen LogP contribution >= 0.6 is 11.8 Å². The average molecular weight is 367 g/mol. The van der Waals surface area contributed by atoms with Gasteiger partial charge < -0.3 is 10.1 Å². The number of rotatable bonds is 5. The molecule has 0 aliphatic carbocycles. The molecule has 0 unspecified atom stereocenters. The van der Waals surface area contributed by atoms with Gasteiger partial charge in [-0.3, -0.25) is 4.79 Å². The fourth-order valence-electron chi connectivity index (χ4n) is 2.65. The Balaban J connectivity index is 1.66. The number of carbonyl (C=O) groups excluding carboxylic acids is 1. The fraction of sp³-hybridized carbons (Fsp3) is 0.250. The molecule has 0 radical (unpaired) electrons. The fourth-order valence-corrected chi connectivity index (χ4v) is 3.61. The second-order valence-electron chi connectivity index (χ2n) is 6.11. The zero-order valence-electron chi connectivity index (χ0n) is 15.0. The minimum absolute atomic E-state index is 0.0283. The zero-order valence-corrected chi connectivity index (χ0v) is 15.8. The summed E-state index contributed by atoms with van der Waals surface area (Å²) in [6.07, 6.45) is 2.29. The highest BCUT2D eigenvalue weighted by Gasteiger charge is 2.30. The van der Waals surface area contributed by atoms with E-state index in [4.69, 9.17) is 4.74 Å². The van der Waals surface area contributed by atoms with Crippen molar-refractivity contribution in [2.75, 3.05) is 7.11 Å². The second-order valence-corrected chi connectivity index (χ2v) is 7.30. The molecule has 1 atom stereocenters. The first-order valence-electron chi connectivity index (χ1n) is 8.34. The van der Waals surface area contributed by atoms with Crippen molar-refractivity contribution in [3.8, 4) is 5.75 Å². The number of benzene rings is 2. The minimum atomic E-state index is -0.183. The Morgan fingerprint density at radius 1 is 1.19 bits per heavy atom. The van der Waals surface area contributed by atoms with Gasteiger partial charge in [0.05, 0.1) is 18.6 Å². The van der Waals surface area contributed by atoms with Crippen molar-refractivity contribution < 1.29 is 9.53 Å². The van der Waals surface area contributed by atoms with Crippen molar-refractivity contribution in [2.24, 2.45) is 10.2 Å².